The lowest BCUT2D eigenvalue weighted by molar-refractivity contribution is 0.0603. The van der Waals surface area contributed by atoms with Gasteiger partial charge in [0.05, 0.1) is 0 Å². The molecule has 0 aromatic heterocycles. The number of halogens is 1. The third-order valence-corrected chi connectivity index (χ3v) is 5.13. The van der Waals surface area contributed by atoms with Crippen LogP contribution < -0.4 is 0 Å². The minimum absolute atomic E-state index is 0.235. The van der Waals surface area contributed by atoms with Gasteiger partial charge in [0.1, 0.15) is 0 Å². The zero-order valence-electron chi connectivity index (χ0n) is 11.5. The second kappa shape index (κ2) is 4.93. The topological polar surface area (TPSA) is 20.3 Å². The lowest BCUT2D eigenvalue weighted by atomic mass is 10.00. The van der Waals surface area contributed by atoms with Gasteiger partial charge in [0, 0.05) is 22.5 Å². The summed E-state index contributed by atoms with van der Waals surface area (Å²) in [6.07, 6.45) is 4.55. The Morgan fingerprint density at radius 2 is 1.63 bits per heavy atom. The monoisotopic (exact) mass is 321 g/mol. The SMILES string of the molecule is Cc1cc(C)cc(C(=O)N2C3CCC2CC(Br)C3)c1. The summed E-state index contributed by atoms with van der Waals surface area (Å²) in [5.74, 6) is 0.235. The lowest BCUT2D eigenvalue weighted by Crippen LogP contribution is -2.46. The normalized spacial score (nSPS) is 29.6. The van der Waals surface area contributed by atoms with Crippen LogP contribution >= 0.6 is 15.9 Å². The lowest BCUT2D eigenvalue weighted by Gasteiger charge is -2.37. The van der Waals surface area contributed by atoms with E-state index in [2.05, 4.69) is 40.7 Å². The molecule has 2 heterocycles. The summed E-state index contributed by atoms with van der Waals surface area (Å²) in [7, 11) is 0. The summed E-state index contributed by atoms with van der Waals surface area (Å²) in [6.45, 7) is 4.12. The maximum atomic E-state index is 12.8. The first kappa shape index (κ1) is 13.2. The molecule has 2 unspecified atom stereocenters. The number of nitrogens with zero attached hydrogens (tertiary/aromatic N) is 1. The molecular weight excluding hydrogens is 302 g/mol. The van der Waals surface area contributed by atoms with Crippen LogP contribution in [-0.4, -0.2) is 27.7 Å². The van der Waals surface area contributed by atoms with Crippen molar-refractivity contribution < 1.29 is 4.79 Å². The molecule has 2 aliphatic heterocycles. The number of hydrogen-bond donors (Lipinski definition) is 0. The first-order valence-corrected chi connectivity index (χ1v) is 8.01. The number of fused-ring (bicyclic) bond motifs is 2. The van der Waals surface area contributed by atoms with Crippen molar-refractivity contribution in [1.29, 1.82) is 0 Å². The van der Waals surface area contributed by atoms with E-state index in [4.69, 9.17) is 0 Å². The van der Waals surface area contributed by atoms with Crippen molar-refractivity contribution in [3.8, 4) is 0 Å². The van der Waals surface area contributed by atoms with Gasteiger partial charge in [-0.3, -0.25) is 4.79 Å². The highest BCUT2D eigenvalue weighted by Gasteiger charge is 2.42. The van der Waals surface area contributed by atoms with E-state index in [0.717, 1.165) is 18.4 Å². The Balaban J connectivity index is 1.88. The zero-order chi connectivity index (χ0) is 13.6. The van der Waals surface area contributed by atoms with Gasteiger partial charge in [-0.25, -0.2) is 0 Å². The van der Waals surface area contributed by atoms with E-state index in [-0.39, 0.29) is 5.91 Å². The quantitative estimate of drug-likeness (QED) is 0.720. The predicted octanol–water partition coefficient (Wildman–Crippen LogP) is 3.83. The fourth-order valence-electron chi connectivity index (χ4n) is 3.69. The molecule has 19 heavy (non-hydrogen) atoms. The fourth-order valence-corrected chi connectivity index (χ4v) is 4.55. The number of amides is 1. The Labute approximate surface area is 123 Å². The number of carbonyl (C=O) groups excluding carboxylic acids is 1. The molecule has 0 N–H and O–H groups in total. The van der Waals surface area contributed by atoms with Crippen LogP contribution in [-0.2, 0) is 0 Å². The molecule has 2 fully saturated rings. The van der Waals surface area contributed by atoms with Gasteiger partial charge in [0.15, 0.2) is 0 Å². The Morgan fingerprint density at radius 1 is 1.11 bits per heavy atom. The smallest absolute Gasteiger partial charge is 0.254 e. The minimum atomic E-state index is 0.235. The van der Waals surface area contributed by atoms with Crippen LogP contribution in [0.1, 0.15) is 47.2 Å². The van der Waals surface area contributed by atoms with Gasteiger partial charge in [-0.15, -0.1) is 0 Å². The highest BCUT2D eigenvalue weighted by molar-refractivity contribution is 9.09. The average Bonchev–Trinajstić information content (AvgIpc) is 2.59. The third kappa shape index (κ3) is 2.45. The summed E-state index contributed by atoms with van der Waals surface area (Å²) < 4.78 is 0. The summed E-state index contributed by atoms with van der Waals surface area (Å²) in [5, 5.41) is 0. The van der Waals surface area contributed by atoms with E-state index in [1.165, 1.54) is 24.0 Å². The summed E-state index contributed by atoms with van der Waals surface area (Å²) in [5.41, 5.74) is 3.21. The Morgan fingerprint density at radius 3 is 2.16 bits per heavy atom. The number of aryl methyl sites for hydroxylation is 2. The number of piperidine rings is 1. The van der Waals surface area contributed by atoms with Gasteiger partial charge in [0.25, 0.3) is 5.91 Å². The van der Waals surface area contributed by atoms with E-state index in [9.17, 15) is 4.79 Å². The zero-order valence-corrected chi connectivity index (χ0v) is 13.1. The van der Waals surface area contributed by atoms with Gasteiger partial charge < -0.3 is 4.90 Å². The van der Waals surface area contributed by atoms with E-state index < -0.39 is 0 Å². The van der Waals surface area contributed by atoms with Crippen molar-refractivity contribution in [2.75, 3.05) is 0 Å². The van der Waals surface area contributed by atoms with E-state index in [1.807, 2.05) is 12.1 Å². The molecular formula is C16H20BrNO. The molecule has 0 radical (unpaired) electrons. The van der Waals surface area contributed by atoms with Crippen LogP contribution in [0.3, 0.4) is 0 Å². The summed E-state index contributed by atoms with van der Waals surface area (Å²) >= 11 is 3.73. The van der Waals surface area contributed by atoms with Crippen LogP contribution in [0.5, 0.6) is 0 Å². The van der Waals surface area contributed by atoms with Crippen LogP contribution in [0, 0.1) is 13.8 Å². The van der Waals surface area contributed by atoms with Gasteiger partial charge >= 0.3 is 0 Å². The molecule has 2 nitrogen and oxygen atoms in total. The average molecular weight is 322 g/mol. The van der Waals surface area contributed by atoms with E-state index >= 15 is 0 Å². The molecule has 0 aliphatic carbocycles. The van der Waals surface area contributed by atoms with Crippen molar-refractivity contribution in [3.63, 3.8) is 0 Å². The first-order chi connectivity index (χ1) is 9.04. The molecule has 3 rings (SSSR count). The van der Waals surface area contributed by atoms with Crippen molar-refractivity contribution in [1.82, 2.24) is 4.90 Å². The van der Waals surface area contributed by atoms with Gasteiger partial charge in [-0.2, -0.15) is 0 Å². The Kier molecular flexibility index (Phi) is 3.42. The van der Waals surface area contributed by atoms with Crippen molar-refractivity contribution in [3.05, 3.63) is 34.9 Å². The van der Waals surface area contributed by atoms with Crippen LogP contribution in [0.15, 0.2) is 18.2 Å². The number of rotatable bonds is 1. The Hall–Kier alpha value is -0.830. The second-order valence-electron chi connectivity index (χ2n) is 6.04. The van der Waals surface area contributed by atoms with Crippen molar-refractivity contribution in [2.45, 2.75) is 56.4 Å². The molecule has 1 amide bonds. The van der Waals surface area contributed by atoms with E-state index in [0.29, 0.717) is 16.9 Å². The predicted molar refractivity (Wildman–Crippen MR) is 80.8 cm³/mol. The molecule has 1 aromatic rings. The number of carbonyl (C=O) groups is 1. The van der Waals surface area contributed by atoms with Crippen molar-refractivity contribution >= 4 is 21.8 Å². The van der Waals surface area contributed by atoms with Crippen LogP contribution in [0.4, 0.5) is 0 Å². The highest BCUT2D eigenvalue weighted by atomic mass is 79.9. The standard InChI is InChI=1S/C16H20BrNO/c1-10-5-11(2)7-12(6-10)16(19)18-14-3-4-15(18)9-13(17)8-14/h5-7,13-15H,3-4,8-9H2,1-2H3. The molecule has 2 atom stereocenters. The van der Waals surface area contributed by atoms with Gasteiger partial charge in [-0.1, -0.05) is 33.1 Å². The van der Waals surface area contributed by atoms with E-state index in [1.54, 1.807) is 0 Å². The molecule has 2 aliphatic rings. The molecule has 102 valence electrons. The van der Waals surface area contributed by atoms with Crippen LogP contribution in [0.2, 0.25) is 0 Å². The largest absolute Gasteiger partial charge is 0.333 e. The minimum Gasteiger partial charge on any atom is -0.333 e. The summed E-state index contributed by atoms with van der Waals surface area (Å²) in [6, 6.07) is 7.05. The number of alkyl halides is 1. The molecule has 2 bridgehead atoms. The van der Waals surface area contributed by atoms with Crippen molar-refractivity contribution in [2.24, 2.45) is 0 Å². The molecule has 3 heteroatoms. The molecule has 0 saturated carbocycles. The Bertz CT molecular complexity index is 479. The summed E-state index contributed by atoms with van der Waals surface area (Å²) in [4.78, 5) is 15.5. The maximum Gasteiger partial charge on any atom is 0.254 e. The first-order valence-electron chi connectivity index (χ1n) is 7.09. The second-order valence-corrected chi connectivity index (χ2v) is 7.34. The number of hydrogen-bond acceptors (Lipinski definition) is 1. The van der Waals surface area contributed by atoms with Gasteiger partial charge in [0.2, 0.25) is 0 Å². The fraction of sp³-hybridized carbons (Fsp3) is 0.562. The van der Waals surface area contributed by atoms with Gasteiger partial charge in [-0.05, 0) is 51.7 Å². The molecule has 0 spiro atoms. The maximum absolute atomic E-state index is 12.8. The third-order valence-electron chi connectivity index (χ3n) is 4.38. The number of benzene rings is 1. The highest BCUT2D eigenvalue weighted by Crippen LogP contribution is 2.39. The van der Waals surface area contributed by atoms with Crippen LogP contribution in [0.25, 0.3) is 0 Å². The molecule has 1 aromatic carbocycles. The molecule has 2 saturated heterocycles.